The molecule has 0 fully saturated rings. The molecule has 0 aliphatic carbocycles. The number of aromatic nitrogens is 3. The van der Waals surface area contributed by atoms with E-state index < -0.39 is 5.91 Å². The van der Waals surface area contributed by atoms with E-state index in [1.165, 1.54) is 24.3 Å². The average molecular weight is 386 g/mol. The van der Waals surface area contributed by atoms with Crippen LogP contribution in [0.25, 0.3) is 17.1 Å². The van der Waals surface area contributed by atoms with Crippen molar-refractivity contribution in [1.29, 1.82) is 0 Å². The third-order valence-corrected chi connectivity index (χ3v) is 4.43. The second-order valence-electron chi connectivity index (χ2n) is 6.84. The molecule has 0 atom stereocenters. The molecule has 1 amide bonds. The molecule has 0 saturated heterocycles. The first-order valence-corrected chi connectivity index (χ1v) is 9.18. The van der Waals surface area contributed by atoms with Crippen LogP contribution in [0, 0.1) is 19.7 Å². The molecule has 3 aromatic carbocycles. The Morgan fingerprint density at radius 2 is 1.62 bits per heavy atom. The number of hydrogen-bond donors (Lipinski definition) is 1. The molecule has 1 heterocycles. The van der Waals surface area contributed by atoms with Gasteiger partial charge in [0.1, 0.15) is 5.82 Å². The van der Waals surface area contributed by atoms with E-state index in [1.807, 2.05) is 62.4 Å². The van der Waals surface area contributed by atoms with Crippen molar-refractivity contribution >= 4 is 11.6 Å². The number of carbonyl (C=O) groups excluding carboxylic acids is 1. The molecular weight excluding hydrogens is 367 g/mol. The Bertz CT molecular complexity index is 1120. The first-order chi connectivity index (χ1) is 14.0. The van der Waals surface area contributed by atoms with Gasteiger partial charge in [0.2, 0.25) is 5.82 Å². The van der Waals surface area contributed by atoms with E-state index in [2.05, 4.69) is 15.4 Å². The second-order valence-corrected chi connectivity index (χ2v) is 6.84. The molecule has 1 N–H and O–H groups in total. The minimum absolute atomic E-state index is 0.0346. The van der Waals surface area contributed by atoms with Crippen LogP contribution in [0.15, 0.2) is 72.8 Å². The van der Waals surface area contributed by atoms with Gasteiger partial charge in [0.25, 0.3) is 5.91 Å². The van der Waals surface area contributed by atoms with E-state index in [-0.39, 0.29) is 11.6 Å². The van der Waals surface area contributed by atoms with Gasteiger partial charge in [-0.3, -0.25) is 4.79 Å². The summed E-state index contributed by atoms with van der Waals surface area (Å²) in [6.45, 7) is 3.99. The summed E-state index contributed by atoms with van der Waals surface area (Å²) in [5.41, 5.74) is 4.30. The molecule has 4 aromatic rings. The summed E-state index contributed by atoms with van der Waals surface area (Å²) in [4.78, 5) is 17.2. The summed E-state index contributed by atoms with van der Waals surface area (Å²) in [7, 11) is 0. The smallest absolute Gasteiger partial charge is 0.295 e. The first-order valence-electron chi connectivity index (χ1n) is 9.18. The van der Waals surface area contributed by atoms with Gasteiger partial charge in [0, 0.05) is 11.3 Å². The van der Waals surface area contributed by atoms with Gasteiger partial charge in [-0.1, -0.05) is 35.9 Å². The molecule has 0 aliphatic rings. The van der Waals surface area contributed by atoms with Crippen LogP contribution in [0.4, 0.5) is 10.1 Å². The number of benzene rings is 3. The van der Waals surface area contributed by atoms with Crippen molar-refractivity contribution in [3.8, 4) is 17.1 Å². The Morgan fingerprint density at radius 1 is 0.931 bits per heavy atom. The Labute approximate surface area is 167 Å². The van der Waals surface area contributed by atoms with Crippen molar-refractivity contribution in [2.45, 2.75) is 13.8 Å². The fourth-order valence-electron chi connectivity index (χ4n) is 3.04. The molecule has 144 valence electrons. The van der Waals surface area contributed by atoms with Crippen LogP contribution in [0.1, 0.15) is 21.7 Å². The summed E-state index contributed by atoms with van der Waals surface area (Å²) in [5, 5.41) is 7.17. The number of amides is 1. The van der Waals surface area contributed by atoms with E-state index >= 15 is 0 Å². The Morgan fingerprint density at radius 3 is 2.31 bits per heavy atom. The second kappa shape index (κ2) is 7.67. The lowest BCUT2D eigenvalue weighted by Gasteiger charge is -2.07. The molecule has 0 bridgehead atoms. The zero-order valence-corrected chi connectivity index (χ0v) is 16.1. The number of nitrogens with zero attached hydrogens (tertiary/aromatic N) is 3. The zero-order valence-electron chi connectivity index (χ0n) is 16.1. The zero-order chi connectivity index (χ0) is 20.4. The highest BCUT2D eigenvalue weighted by Gasteiger charge is 2.19. The standard InChI is InChI=1S/C23H19FN4O/c1-15-5-3-7-17(13-15)22-26-21(23(29)25-19-11-9-18(24)10-12-19)27-28(22)20-8-4-6-16(2)14-20/h3-14H,1-2H3,(H,25,29). The maximum Gasteiger partial charge on any atom is 0.295 e. The Kier molecular flexibility index (Phi) is 4.91. The van der Waals surface area contributed by atoms with Crippen LogP contribution >= 0.6 is 0 Å². The number of anilines is 1. The Hall–Kier alpha value is -3.80. The Balaban J connectivity index is 1.76. The van der Waals surface area contributed by atoms with Gasteiger partial charge in [-0.25, -0.2) is 14.1 Å². The number of aryl methyl sites for hydroxylation is 2. The lowest BCUT2D eigenvalue weighted by atomic mass is 10.1. The minimum atomic E-state index is -0.461. The van der Waals surface area contributed by atoms with Gasteiger partial charge in [0.05, 0.1) is 5.69 Å². The highest BCUT2D eigenvalue weighted by atomic mass is 19.1. The van der Waals surface area contributed by atoms with Crippen LogP contribution < -0.4 is 5.32 Å². The number of hydrogen-bond acceptors (Lipinski definition) is 3. The summed E-state index contributed by atoms with van der Waals surface area (Å²) in [6.07, 6.45) is 0. The molecule has 4 rings (SSSR count). The summed E-state index contributed by atoms with van der Waals surface area (Å²) >= 11 is 0. The predicted octanol–water partition coefficient (Wildman–Crippen LogP) is 4.94. The number of nitrogens with one attached hydrogen (secondary N) is 1. The molecular formula is C23H19FN4O. The highest BCUT2D eigenvalue weighted by Crippen LogP contribution is 2.23. The van der Waals surface area contributed by atoms with Crippen molar-refractivity contribution in [1.82, 2.24) is 14.8 Å². The van der Waals surface area contributed by atoms with Crippen LogP contribution in [-0.2, 0) is 0 Å². The van der Waals surface area contributed by atoms with Gasteiger partial charge in [-0.15, -0.1) is 5.10 Å². The topological polar surface area (TPSA) is 59.8 Å². The lowest BCUT2D eigenvalue weighted by Crippen LogP contribution is -2.14. The van der Waals surface area contributed by atoms with Crippen molar-refractivity contribution in [3.05, 3.63) is 95.6 Å². The van der Waals surface area contributed by atoms with E-state index in [1.54, 1.807) is 4.68 Å². The van der Waals surface area contributed by atoms with Crippen LogP contribution in [-0.4, -0.2) is 20.7 Å². The molecule has 6 heteroatoms. The van der Waals surface area contributed by atoms with Gasteiger partial charge in [-0.05, 0) is 61.9 Å². The van der Waals surface area contributed by atoms with E-state index in [9.17, 15) is 9.18 Å². The molecule has 0 spiro atoms. The number of rotatable bonds is 4. The molecule has 1 aromatic heterocycles. The lowest BCUT2D eigenvalue weighted by molar-refractivity contribution is 0.101. The minimum Gasteiger partial charge on any atom is -0.319 e. The van der Waals surface area contributed by atoms with E-state index in [0.29, 0.717) is 11.5 Å². The first kappa shape index (κ1) is 18.6. The third kappa shape index (κ3) is 4.06. The van der Waals surface area contributed by atoms with Gasteiger partial charge < -0.3 is 5.32 Å². The molecule has 0 aliphatic heterocycles. The monoisotopic (exact) mass is 386 g/mol. The quantitative estimate of drug-likeness (QED) is 0.540. The van der Waals surface area contributed by atoms with Crippen molar-refractivity contribution in [3.63, 3.8) is 0 Å². The third-order valence-electron chi connectivity index (χ3n) is 4.43. The highest BCUT2D eigenvalue weighted by molar-refractivity contribution is 6.01. The van der Waals surface area contributed by atoms with Crippen LogP contribution in [0.3, 0.4) is 0 Å². The van der Waals surface area contributed by atoms with Gasteiger partial charge >= 0.3 is 0 Å². The fraction of sp³-hybridized carbons (Fsp3) is 0.0870. The van der Waals surface area contributed by atoms with Crippen LogP contribution in [0.2, 0.25) is 0 Å². The average Bonchev–Trinajstić information content (AvgIpc) is 3.15. The fourth-order valence-corrected chi connectivity index (χ4v) is 3.04. The van der Waals surface area contributed by atoms with Crippen molar-refractivity contribution in [2.75, 3.05) is 5.32 Å². The summed E-state index contributed by atoms with van der Waals surface area (Å²) in [5.74, 6) is -0.223. The SMILES string of the molecule is Cc1cccc(-c2nc(C(=O)Nc3ccc(F)cc3)nn2-c2cccc(C)c2)c1. The van der Waals surface area contributed by atoms with Gasteiger partial charge in [-0.2, -0.15) is 0 Å². The molecule has 0 unspecified atom stereocenters. The number of carbonyl (C=O) groups is 1. The van der Waals surface area contributed by atoms with Crippen molar-refractivity contribution in [2.24, 2.45) is 0 Å². The summed E-state index contributed by atoms with van der Waals surface area (Å²) in [6, 6.07) is 21.3. The van der Waals surface area contributed by atoms with E-state index in [4.69, 9.17) is 0 Å². The summed E-state index contributed by atoms with van der Waals surface area (Å²) < 4.78 is 14.8. The molecule has 0 radical (unpaired) electrons. The van der Waals surface area contributed by atoms with E-state index in [0.717, 1.165) is 22.4 Å². The predicted molar refractivity (Wildman–Crippen MR) is 111 cm³/mol. The van der Waals surface area contributed by atoms with Gasteiger partial charge in [0.15, 0.2) is 5.82 Å². The van der Waals surface area contributed by atoms with Crippen molar-refractivity contribution < 1.29 is 9.18 Å². The largest absolute Gasteiger partial charge is 0.319 e. The number of halogens is 1. The molecule has 5 nitrogen and oxygen atoms in total. The maximum atomic E-state index is 13.1. The molecule has 29 heavy (non-hydrogen) atoms. The van der Waals surface area contributed by atoms with Crippen LogP contribution in [0.5, 0.6) is 0 Å². The maximum absolute atomic E-state index is 13.1. The molecule has 0 saturated carbocycles. The normalized spacial score (nSPS) is 10.7.